The summed E-state index contributed by atoms with van der Waals surface area (Å²) >= 11 is 1.92. The molecule has 14 rings (SSSR count). The number of fused-ring (bicyclic) bond motifs is 14. The van der Waals surface area contributed by atoms with Gasteiger partial charge in [-0.05, 0) is 140 Å². The van der Waals surface area contributed by atoms with Gasteiger partial charge in [-0.3, -0.25) is 0 Å². The average molecular weight is 909 g/mol. The molecule has 2 aliphatic rings. The topological polar surface area (TPSA) is 6.48 Å². The van der Waals surface area contributed by atoms with Crippen molar-refractivity contribution in [1.29, 1.82) is 0 Å². The molecule has 0 saturated carbocycles. The van der Waals surface area contributed by atoms with E-state index in [2.05, 4.69) is 277 Å². The fourth-order valence-corrected chi connectivity index (χ4v) is 12.9. The van der Waals surface area contributed by atoms with Crippen LogP contribution < -0.4 is 9.80 Å². The van der Waals surface area contributed by atoms with Gasteiger partial charge in [0.2, 0.25) is 0 Å². The molecule has 0 saturated heterocycles. The molecule has 0 bridgehead atoms. The maximum atomic E-state index is 2.51. The van der Waals surface area contributed by atoms with E-state index < -0.39 is 5.41 Å². The zero-order valence-corrected chi connectivity index (χ0v) is 39.0. The van der Waals surface area contributed by atoms with Gasteiger partial charge in [-0.1, -0.05) is 188 Å². The van der Waals surface area contributed by atoms with Crippen LogP contribution in [0.1, 0.15) is 22.3 Å². The Kier molecular flexibility index (Phi) is 9.33. The average Bonchev–Trinajstić information content (AvgIpc) is 4.06. The normalized spacial score (nSPS) is 12.7. The van der Waals surface area contributed by atoms with Crippen LogP contribution in [0, 0.1) is 0 Å². The largest absolute Gasteiger partial charge is 0.310 e. The molecule has 1 spiro atoms. The Balaban J connectivity index is 1.01. The number of benzene rings is 11. The number of hydrogen-bond acceptors (Lipinski definition) is 3. The molecule has 11 aromatic carbocycles. The Morgan fingerprint density at radius 1 is 0.271 bits per heavy atom. The quantitative estimate of drug-likeness (QED) is 0.150. The van der Waals surface area contributed by atoms with E-state index in [-0.39, 0.29) is 0 Å². The molecular formula is C67H44N2S. The molecule has 0 N–H and O–H groups in total. The second-order valence-electron chi connectivity index (χ2n) is 18.4. The van der Waals surface area contributed by atoms with Crippen molar-refractivity contribution in [3.63, 3.8) is 0 Å². The predicted octanol–water partition coefficient (Wildman–Crippen LogP) is 18.7. The highest BCUT2D eigenvalue weighted by Gasteiger charge is 2.53. The lowest BCUT2D eigenvalue weighted by molar-refractivity contribution is 0.794. The lowest BCUT2D eigenvalue weighted by Gasteiger charge is -2.33. The van der Waals surface area contributed by atoms with Crippen LogP contribution in [0.5, 0.6) is 0 Å². The van der Waals surface area contributed by atoms with Gasteiger partial charge >= 0.3 is 0 Å². The smallest absolute Gasteiger partial charge is 0.0727 e. The summed E-state index contributed by atoms with van der Waals surface area (Å²) < 4.78 is 2.66. The lowest BCUT2D eigenvalue weighted by Crippen LogP contribution is -2.26. The number of anilines is 6. The monoisotopic (exact) mass is 908 g/mol. The van der Waals surface area contributed by atoms with Crippen molar-refractivity contribution in [2.45, 2.75) is 5.41 Å². The number of hydrogen-bond donors (Lipinski definition) is 0. The van der Waals surface area contributed by atoms with Crippen molar-refractivity contribution in [3.8, 4) is 44.5 Å². The minimum atomic E-state index is -0.619. The SMILES string of the molecule is c1ccc(-c2ccc(N(c3ccccc3)c3ccc4c(c3)C3(c5cc(N(c6ccccc6)c6ccc(-c7ccccc7)cc6)ccc5-4)c4ccccc4-c4c3ccc3c4sc4ccccc43)cc2)cc1. The molecular weight excluding hydrogens is 865 g/mol. The second-order valence-corrected chi connectivity index (χ2v) is 19.4. The molecule has 328 valence electrons. The van der Waals surface area contributed by atoms with Crippen LogP contribution >= 0.6 is 11.3 Å². The summed E-state index contributed by atoms with van der Waals surface area (Å²) in [7, 11) is 0. The summed E-state index contributed by atoms with van der Waals surface area (Å²) in [5.74, 6) is 0. The first-order chi connectivity index (χ1) is 34.7. The first-order valence-corrected chi connectivity index (χ1v) is 24.9. The molecule has 0 amide bonds. The Morgan fingerprint density at radius 2 is 0.700 bits per heavy atom. The molecule has 0 atom stereocenters. The van der Waals surface area contributed by atoms with Crippen molar-refractivity contribution in [2.24, 2.45) is 0 Å². The van der Waals surface area contributed by atoms with Crippen LogP contribution in [0.4, 0.5) is 34.1 Å². The van der Waals surface area contributed by atoms with E-state index in [4.69, 9.17) is 0 Å². The molecule has 3 heteroatoms. The number of rotatable bonds is 8. The minimum Gasteiger partial charge on any atom is -0.310 e. The van der Waals surface area contributed by atoms with E-state index in [9.17, 15) is 0 Å². The van der Waals surface area contributed by atoms with Gasteiger partial charge in [-0.15, -0.1) is 11.3 Å². The Hall–Kier alpha value is -8.76. The number of thiophene rings is 1. The van der Waals surface area contributed by atoms with Gasteiger partial charge in [0.05, 0.1) is 5.41 Å². The Bertz CT molecular complexity index is 3740. The third-order valence-corrected chi connectivity index (χ3v) is 15.9. The van der Waals surface area contributed by atoms with Crippen molar-refractivity contribution in [3.05, 3.63) is 289 Å². The van der Waals surface area contributed by atoms with Crippen LogP contribution in [0.15, 0.2) is 267 Å². The van der Waals surface area contributed by atoms with Crippen molar-refractivity contribution in [1.82, 2.24) is 0 Å². The predicted molar refractivity (Wildman–Crippen MR) is 296 cm³/mol. The Labute approximate surface area is 412 Å². The summed E-state index contributed by atoms with van der Waals surface area (Å²) in [6.45, 7) is 0. The van der Waals surface area contributed by atoms with Gasteiger partial charge in [0.1, 0.15) is 0 Å². The molecule has 12 aromatic rings. The first kappa shape index (κ1) is 40.3. The zero-order chi connectivity index (χ0) is 46.2. The van der Waals surface area contributed by atoms with E-state index in [0.717, 1.165) is 34.1 Å². The molecule has 2 aliphatic carbocycles. The third kappa shape index (κ3) is 6.19. The van der Waals surface area contributed by atoms with Gasteiger partial charge in [0.15, 0.2) is 0 Å². The van der Waals surface area contributed by atoms with Crippen molar-refractivity contribution < 1.29 is 0 Å². The highest BCUT2D eigenvalue weighted by Crippen LogP contribution is 2.65. The fraction of sp³-hybridized carbons (Fsp3) is 0.0149. The fourth-order valence-electron chi connectivity index (χ4n) is 11.6. The Morgan fingerprint density at radius 3 is 1.24 bits per heavy atom. The van der Waals surface area contributed by atoms with E-state index in [1.807, 2.05) is 11.3 Å². The third-order valence-electron chi connectivity index (χ3n) is 14.7. The summed E-state index contributed by atoms with van der Waals surface area (Å²) in [4.78, 5) is 4.84. The molecule has 2 nitrogen and oxygen atoms in total. The molecule has 1 heterocycles. The van der Waals surface area contributed by atoms with Gasteiger partial charge in [0, 0.05) is 59.9 Å². The van der Waals surface area contributed by atoms with Gasteiger partial charge in [0.25, 0.3) is 0 Å². The van der Waals surface area contributed by atoms with E-state index in [0.29, 0.717) is 0 Å². The standard InChI is InChI=1S/C67H44N2S/c1-5-17-45(18-6-1)47-29-33-51(34-30-47)68(49-21-9-3-10-22-49)53-37-39-55-56-40-38-54(69(50-23-11-4-12-24-50)52-35-31-48(32-36-52)46-19-7-2-8-20-46)44-63(56)67(62(55)43-53)60-27-15-13-26-59(60)65-61(67)42-41-58-57-25-14-16-28-64(57)70-66(58)65/h1-44H. The van der Waals surface area contributed by atoms with Gasteiger partial charge in [-0.2, -0.15) is 0 Å². The lowest BCUT2D eigenvalue weighted by atomic mass is 9.70. The van der Waals surface area contributed by atoms with E-state index >= 15 is 0 Å². The van der Waals surface area contributed by atoms with Crippen LogP contribution in [0.3, 0.4) is 0 Å². The molecule has 0 radical (unpaired) electrons. The van der Waals surface area contributed by atoms with Crippen LogP contribution in [0.25, 0.3) is 64.7 Å². The van der Waals surface area contributed by atoms with E-state index in [1.165, 1.54) is 86.9 Å². The summed E-state index contributed by atoms with van der Waals surface area (Å²) in [5, 5.41) is 2.63. The minimum absolute atomic E-state index is 0.619. The van der Waals surface area contributed by atoms with E-state index in [1.54, 1.807) is 0 Å². The zero-order valence-electron chi connectivity index (χ0n) is 38.2. The maximum Gasteiger partial charge on any atom is 0.0727 e. The molecule has 70 heavy (non-hydrogen) atoms. The van der Waals surface area contributed by atoms with Gasteiger partial charge in [-0.25, -0.2) is 0 Å². The maximum absolute atomic E-state index is 2.51. The van der Waals surface area contributed by atoms with Gasteiger partial charge < -0.3 is 9.80 Å². The summed E-state index contributed by atoms with van der Waals surface area (Å²) in [5.41, 5.74) is 21.2. The molecule has 0 fully saturated rings. The highest BCUT2D eigenvalue weighted by molar-refractivity contribution is 7.26. The number of para-hydroxylation sites is 2. The van der Waals surface area contributed by atoms with Crippen molar-refractivity contribution >= 4 is 65.6 Å². The molecule has 1 aromatic heterocycles. The van der Waals surface area contributed by atoms with Crippen LogP contribution in [0.2, 0.25) is 0 Å². The highest BCUT2D eigenvalue weighted by atomic mass is 32.1. The summed E-state index contributed by atoms with van der Waals surface area (Å²) in [6.07, 6.45) is 0. The van der Waals surface area contributed by atoms with Crippen molar-refractivity contribution in [2.75, 3.05) is 9.80 Å². The first-order valence-electron chi connectivity index (χ1n) is 24.1. The van der Waals surface area contributed by atoms with Crippen LogP contribution in [-0.4, -0.2) is 0 Å². The molecule has 0 aliphatic heterocycles. The second kappa shape index (κ2) is 16.2. The molecule has 0 unspecified atom stereocenters. The van der Waals surface area contributed by atoms with Crippen LogP contribution in [-0.2, 0) is 5.41 Å². The summed E-state index contributed by atoms with van der Waals surface area (Å²) in [6, 6.07) is 98.4. The number of nitrogens with zero attached hydrogens (tertiary/aromatic N) is 2.